The van der Waals surface area contributed by atoms with E-state index in [0.29, 0.717) is 0 Å². The van der Waals surface area contributed by atoms with E-state index in [0.717, 1.165) is 12.8 Å². The molecule has 2 aliphatic heterocycles. The number of rotatable bonds is 0. The molecule has 0 aromatic carbocycles. The summed E-state index contributed by atoms with van der Waals surface area (Å²) in [5.41, 5.74) is 0. The molecular weight excluding hydrogens is 120 g/mol. The molecule has 2 rings (SSSR count). The Morgan fingerprint density at radius 3 is 3.11 bits per heavy atom. The highest BCUT2D eigenvalue weighted by molar-refractivity contribution is 5.85. The number of carbonyl (C=O) groups is 1. The summed E-state index contributed by atoms with van der Waals surface area (Å²) in [6, 6.07) is 0. The van der Waals surface area contributed by atoms with Crippen molar-refractivity contribution in [3.8, 4) is 0 Å². The van der Waals surface area contributed by atoms with Gasteiger partial charge in [0, 0.05) is 6.42 Å². The Labute approximate surface area is 52.9 Å². The average Bonchev–Trinajstić information content (AvgIpc) is 2.25. The zero-order valence-electron chi connectivity index (χ0n) is 5.00. The predicted octanol–water partition coefficient (Wildman–Crippen LogP) is 0.0908. The summed E-state index contributed by atoms with van der Waals surface area (Å²) in [4.78, 5) is 10.8. The lowest BCUT2D eigenvalue weighted by Crippen LogP contribution is -2.32. The van der Waals surface area contributed by atoms with Gasteiger partial charge in [-0.05, 0) is 6.42 Å². The Kier molecular flexibility index (Phi) is 1.07. The molecule has 2 fully saturated rings. The second-order valence-corrected chi connectivity index (χ2v) is 2.41. The minimum absolute atomic E-state index is 0.0762. The van der Waals surface area contributed by atoms with E-state index in [1.807, 2.05) is 0 Å². The number of hydrogen-bond donors (Lipinski definition) is 0. The van der Waals surface area contributed by atoms with E-state index in [1.165, 1.54) is 0 Å². The first-order valence-electron chi connectivity index (χ1n) is 3.16. The lowest BCUT2D eigenvalue weighted by Gasteiger charge is -2.18. The van der Waals surface area contributed by atoms with Gasteiger partial charge in [0.15, 0.2) is 12.1 Å². The monoisotopic (exact) mass is 128 g/mol. The molecule has 2 heterocycles. The molecule has 2 saturated heterocycles. The van der Waals surface area contributed by atoms with Crippen LogP contribution < -0.4 is 0 Å². The van der Waals surface area contributed by atoms with Crippen molar-refractivity contribution in [2.24, 2.45) is 0 Å². The van der Waals surface area contributed by atoms with Crippen LogP contribution in [0.2, 0.25) is 0 Å². The summed E-state index contributed by atoms with van der Waals surface area (Å²) in [5, 5.41) is 0. The summed E-state index contributed by atoms with van der Waals surface area (Å²) >= 11 is 0. The van der Waals surface area contributed by atoms with Gasteiger partial charge in [-0.1, -0.05) is 0 Å². The van der Waals surface area contributed by atoms with E-state index in [-0.39, 0.29) is 24.8 Å². The van der Waals surface area contributed by atoms with E-state index in [4.69, 9.17) is 9.47 Å². The van der Waals surface area contributed by atoms with Crippen LogP contribution in [0.1, 0.15) is 12.8 Å². The zero-order chi connectivity index (χ0) is 6.27. The Morgan fingerprint density at radius 1 is 1.44 bits per heavy atom. The highest BCUT2D eigenvalue weighted by Gasteiger charge is 2.35. The summed E-state index contributed by atoms with van der Waals surface area (Å²) in [6.07, 6.45) is 1.52. The van der Waals surface area contributed by atoms with E-state index in [1.54, 1.807) is 0 Å². The molecule has 0 aliphatic carbocycles. The fourth-order valence-electron chi connectivity index (χ4n) is 1.23. The van der Waals surface area contributed by atoms with Crippen LogP contribution in [-0.2, 0) is 14.3 Å². The molecule has 50 valence electrons. The molecule has 2 bridgehead atoms. The highest BCUT2D eigenvalue weighted by Crippen LogP contribution is 2.25. The van der Waals surface area contributed by atoms with Gasteiger partial charge in [0.1, 0.15) is 12.7 Å². The predicted molar refractivity (Wildman–Crippen MR) is 28.9 cm³/mol. The van der Waals surface area contributed by atoms with Crippen molar-refractivity contribution in [3.63, 3.8) is 0 Å². The van der Waals surface area contributed by atoms with Crippen LogP contribution in [0.3, 0.4) is 0 Å². The number of ether oxygens (including phenoxy) is 2. The third kappa shape index (κ3) is 0.767. The van der Waals surface area contributed by atoms with Crippen LogP contribution in [0.25, 0.3) is 0 Å². The molecule has 0 radical (unpaired) electrons. The van der Waals surface area contributed by atoms with Crippen LogP contribution in [0.5, 0.6) is 0 Å². The third-order valence-electron chi connectivity index (χ3n) is 1.75. The van der Waals surface area contributed by atoms with Crippen LogP contribution in [0, 0.1) is 0 Å². The van der Waals surface area contributed by atoms with Gasteiger partial charge in [0.05, 0.1) is 0 Å². The largest absolute Gasteiger partial charge is 0.345 e. The smallest absolute Gasteiger partial charge is 0.187 e. The molecule has 0 saturated carbocycles. The topological polar surface area (TPSA) is 35.5 Å². The summed E-state index contributed by atoms with van der Waals surface area (Å²) in [7, 11) is 0. The first-order chi connectivity index (χ1) is 4.36. The van der Waals surface area contributed by atoms with Crippen molar-refractivity contribution >= 4 is 5.78 Å². The van der Waals surface area contributed by atoms with Crippen molar-refractivity contribution < 1.29 is 14.3 Å². The van der Waals surface area contributed by atoms with Gasteiger partial charge in [0.2, 0.25) is 0 Å². The van der Waals surface area contributed by atoms with Gasteiger partial charge in [-0.2, -0.15) is 0 Å². The summed E-state index contributed by atoms with van der Waals surface area (Å²) < 4.78 is 10.1. The Bertz CT molecular complexity index is 143. The lowest BCUT2D eigenvalue weighted by molar-refractivity contribution is -0.183. The fourth-order valence-corrected chi connectivity index (χ4v) is 1.23. The number of ketones is 1. The Morgan fingerprint density at radius 2 is 2.33 bits per heavy atom. The fraction of sp³-hybridized carbons (Fsp3) is 0.833. The van der Waals surface area contributed by atoms with Gasteiger partial charge in [-0.15, -0.1) is 0 Å². The summed E-state index contributed by atoms with van der Waals surface area (Å²) in [6.45, 7) is 0.259. The molecule has 2 aliphatic rings. The molecular formula is C6H8O3. The molecule has 9 heavy (non-hydrogen) atoms. The minimum Gasteiger partial charge on any atom is -0.345 e. The second-order valence-electron chi connectivity index (χ2n) is 2.41. The van der Waals surface area contributed by atoms with Crippen molar-refractivity contribution in [2.75, 3.05) is 6.61 Å². The number of fused-ring (bicyclic) bond motifs is 2. The van der Waals surface area contributed by atoms with Crippen molar-refractivity contribution in [3.05, 3.63) is 0 Å². The maximum atomic E-state index is 10.8. The molecule has 2 unspecified atom stereocenters. The van der Waals surface area contributed by atoms with Gasteiger partial charge in [-0.3, -0.25) is 4.79 Å². The minimum atomic E-state index is -0.135. The first-order valence-corrected chi connectivity index (χ1v) is 3.16. The van der Waals surface area contributed by atoms with Crippen LogP contribution >= 0.6 is 0 Å². The normalized spacial score (nSPS) is 41.6. The quantitative estimate of drug-likeness (QED) is 0.464. The van der Waals surface area contributed by atoms with Crippen molar-refractivity contribution in [1.29, 1.82) is 0 Å². The maximum Gasteiger partial charge on any atom is 0.187 e. The number of carbonyl (C=O) groups excluding carboxylic acids is 1. The molecule has 0 N–H and O–H groups in total. The van der Waals surface area contributed by atoms with Gasteiger partial charge in [-0.25, -0.2) is 0 Å². The molecule has 2 atom stereocenters. The molecule has 0 aromatic rings. The van der Waals surface area contributed by atoms with Crippen LogP contribution in [0.15, 0.2) is 0 Å². The van der Waals surface area contributed by atoms with Crippen LogP contribution in [-0.4, -0.2) is 24.8 Å². The maximum absolute atomic E-state index is 10.8. The van der Waals surface area contributed by atoms with Gasteiger partial charge in [0.25, 0.3) is 0 Å². The van der Waals surface area contributed by atoms with Gasteiger partial charge >= 0.3 is 0 Å². The van der Waals surface area contributed by atoms with Crippen molar-refractivity contribution in [2.45, 2.75) is 25.2 Å². The van der Waals surface area contributed by atoms with Crippen molar-refractivity contribution in [1.82, 2.24) is 0 Å². The third-order valence-corrected chi connectivity index (χ3v) is 1.75. The summed E-state index contributed by atoms with van der Waals surface area (Å²) in [5.74, 6) is 0.101. The number of Topliss-reactive ketones (excluding diaryl/α,β-unsaturated/α-hetero) is 1. The molecule has 0 amide bonds. The average molecular weight is 128 g/mol. The van der Waals surface area contributed by atoms with Gasteiger partial charge < -0.3 is 9.47 Å². The molecule has 3 nitrogen and oxygen atoms in total. The highest BCUT2D eigenvalue weighted by atomic mass is 16.7. The molecule has 0 spiro atoms. The lowest BCUT2D eigenvalue weighted by atomic mass is 10.2. The standard InChI is InChI=1S/C6H8O3/c7-4-3-8-6-2-1-5(4)9-6/h5-6H,1-3H2. The Hall–Kier alpha value is -0.410. The molecule has 3 heteroatoms. The molecule has 0 aromatic heterocycles. The Balaban J connectivity index is 2.14. The first kappa shape index (κ1) is 5.38. The number of hydrogen-bond acceptors (Lipinski definition) is 3. The van der Waals surface area contributed by atoms with E-state index >= 15 is 0 Å². The van der Waals surface area contributed by atoms with E-state index in [9.17, 15) is 4.79 Å². The zero-order valence-corrected chi connectivity index (χ0v) is 5.00. The van der Waals surface area contributed by atoms with E-state index < -0.39 is 0 Å². The van der Waals surface area contributed by atoms with E-state index in [2.05, 4.69) is 0 Å². The SMILES string of the molecule is O=C1COC2CCC1O2. The second kappa shape index (κ2) is 1.78. The van der Waals surface area contributed by atoms with Crippen LogP contribution in [0.4, 0.5) is 0 Å².